The van der Waals surface area contributed by atoms with Crippen LogP contribution in [-0.4, -0.2) is 18.5 Å². The number of para-hydroxylation sites is 2. The molecule has 0 amide bonds. The highest BCUT2D eigenvalue weighted by molar-refractivity contribution is 5.82. The highest BCUT2D eigenvalue weighted by Crippen LogP contribution is 2.30. The highest BCUT2D eigenvalue weighted by Gasteiger charge is 2.22. The summed E-state index contributed by atoms with van der Waals surface area (Å²) in [6, 6.07) is 7.34. The predicted octanol–water partition coefficient (Wildman–Crippen LogP) is 0.762. The van der Waals surface area contributed by atoms with E-state index in [9.17, 15) is 0 Å². The normalized spacial score (nSPS) is 19.5. The maximum atomic E-state index is 7.20. The van der Waals surface area contributed by atoms with Crippen molar-refractivity contribution in [1.29, 1.82) is 5.41 Å². The van der Waals surface area contributed by atoms with Gasteiger partial charge in [0.2, 0.25) is 0 Å². The topological polar surface area (TPSA) is 68.3 Å². The number of nitrogens with one attached hydrogen (secondary N) is 1. The number of hydrogen-bond donors (Lipinski definition) is 2. The standard InChI is InChI=1S/C9H10N2O2/c10-9(11)8-5-12-6-3-1-2-4-7(6)13-8/h1-4,8H,5H2,(H3,10,11)/t8-/m1/s1. The van der Waals surface area contributed by atoms with Crippen molar-refractivity contribution in [3.8, 4) is 11.5 Å². The monoisotopic (exact) mass is 178 g/mol. The minimum absolute atomic E-state index is 0.00509. The fourth-order valence-corrected chi connectivity index (χ4v) is 1.17. The molecule has 13 heavy (non-hydrogen) atoms. The van der Waals surface area contributed by atoms with Gasteiger partial charge < -0.3 is 15.2 Å². The molecular formula is C9H10N2O2. The first kappa shape index (κ1) is 7.91. The van der Waals surface area contributed by atoms with Crippen molar-refractivity contribution in [2.24, 2.45) is 5.73 Å². The molecule has 2 rings (SSSR count). The van der Waals surface area contributed by atoms with Crippen LogP contribution in [0.2, 0.25) is 0 Å². The van der Waals surface area contributed by atoms with Crippen LogP contribution >= 0.6 is 0 Å². The van der Waals surface area contributed by atoms with Crippen LogP contribution in [-0.2, 0) is 0 Å². The Morgan fingerprint density at radius 1 is 1.38 bits per heavy atom. The molecule has 4 nitrogen and oxygen atoms in total. The molecule has 0 fully saturated rings. The van der Waals surface area contributed by atoms with Gasteiger partial charge in [-0.05, 0) is 12.1 Å². The van der Waals surface area contributed by atoms with Crippen molar-refractivity contribution in [3.05, 3.63) is 24.3 Å². The molecular weight excluding hydrogens is 168 g/mol. The summed E-state index contributed by atoms with van der Waals surface area (Å²) >= 11 is 0. The quantitative estimate of drug-likeness (QED) is 0.492. The molecule has 0 aliphatic carbocycles. The summed E-state index contributed by atoms with van der Waals surface area (Å²) in [5, 5.41) is 7.20. The third-order valence-electron chi connectivity index (χ3n) is 1.86. The number of amidine groups is 1. The number of nitrogens with two attached hydrogens (primary N) is 1. The maximum Gasteiger partial charge on any atom is 0.189 e. The van der Waals surface area contributed by atoms with Gasteiger partial charge in [0, 0.05) is 0 Å². The van der Waals surface area contributed by atoms with E-state index in [-0.39, 0.29) is 5.84 Å². The Balaban J connectivity index is 2.24. The molecule has 1 aliphatic heterocycles. The molecule has 0 unspecified atom stereocenters. The molecule has 0 saturated carbocycles. The van der Waals surface area contributed by atoms with Gasteiger partial charge in [0.1, 0.15) is 12.4 Å². The Kier molecular flexibility index (Phi) is 1.81. The van der Waals surface area contributed by atoms with E-state index in [2.05, 4.69) is 0 Å². The van der Waals surface area contributed by atoms with E-state index in [0.717, 1.165) is 0 Å². The van der Waals surface area contributed by atoms with Crippen LogP contribution in [0.25, 0.3) is 0 Å². The highest BCUT2D eigenvalue weighted by atomic mass is 16.6. The second kappa shape index (κ2) is 2.97. The van der Waals surface area contributed by atoms with E-state index in [1.165, 1.54) is 0 Å². The van der Waals surface area contributed by atoms with Crippen LogP contribution in [0.3, 0.4) is 0 Å². The molecule has 0 aromatic heterocycles. The molecule has 4 heteroatoms. The van der Waals surface area contributed by atoms with E-state index in [0.29, 0.717) is 18.1 Å². The zero-order chi connectivity index (χ0) is 9.26. The summed E-state index contributed by atoms with van der Waals surface area (Å²) in [5.74, 6) is 1.35. The fourth-order valence-electron chi connectivity index (χ4n) is 1.17. The minimum atomic E-state index is -0.449. The van der Waals surface area contributed by atoms with Crippen molar-refractivity contribution in [1.82, 2.24) is 0 Å². The lowest BCUT2D eigenvalue weighted by Crippen LogP contribution is -2.40. The Hall–Kier alpha value is -1.71. The number of hydrogen-bond acceptors (Lipinski definition) is 3. The molecule has 1 aliphatic rings. The van der Waals surface area contributed by atoms with Gasteiger partial charge in [-0.15, -0.1) is 0 Å². The number of fused-ring (bicyclic) bond motifs is 1. The second-order valence-corrected chi connectivity index (χ2v) is 2.82. The molecule has 0 bridgehead atoms. The van der Waals surface area contributed by atoms with Crippen molar-refractivity contribution in [2.75, 3.05) is 6.61 Å². The average Bonchev–Trinajstić information content (AvgIpc) is 2.17. The van der Waals surface area contributed by atoms with E-state index in [1.54, 1.807) is 6.07 Å². The smallest absolute Gasteiger partial charge is 0.189 e. The second-order valence-electron chi connectivity index (χ2n) is 2.82. The van der Waals surface area contributed by atoms with E-state index >= 15 is 0 Å². The summed E-state index contributed by atoms with van der Waals surface area (Å²) < 4.78 is 10.8. The molecule has 1 atom stereocenters. The lowest BCUT2D eigenvalue weighted by atomic mass is 10.2. The van der Waals surface area contributed by atoms with Gasteiger partial charge in [-0.25, -0.2) is 0 Å². The van der Waals surface area contributed by atoms with Crippen molar-refractivity contribution < 1.29 is 9.47 Å². The minimum Gasteiger partial charge on any atom is -0.485 e. The van der Waals surface area contributed by atoms with Crippen LogP contribution in [0, 0.1) is 5.41 Å². The summed E-state index contributed by atoms with van der Waals surface area (Å²) in [6.45, 7) is 0.312. The van der Waals surface area contributed by atoms with Gasteiger partial charge in [-0.1, -0.05) is 12.1 Å². The SMILES string of the molecule is N=C(N)[C@H]1COc2ccccc2O1. The number of benzene rings is 1. The van der Waals surface area contributed by atoms with Gasteiger partial charge in [0.25, 0.3) is 0 Å². The van der Waals surface area contributed by atoms with Crippen LogP contribution in [0.1, 0.15) is 0 Å². The molecule has 3 N–H and O–H groups in total. The van der Waals surface area contributed by atoms with E-state index in [4.69, 9.17) is 20.6 Å². The first-order chi connectivity index (χ1) is 6.27. The maximum absolute atomic E-state index is 7.20. The van der Waals surface area contributed by atoms with Crippen LogP contribution in [0.4, 0.5) is 0 Å². The predicted molar refractivity (Wildman–Crippen MR) is 48.3 cm³/mol. The molecule has 0 radical (unpaired) electrons. The van der Waals surface area contributed by atoms with Gasteiger partial charge in [-0.3, -0.25) is 5.41 Å². The largest absolute Gasteiger partial charge is 0.485 e. The summed E-state index contributed by atoms with van der Waals surface area (Å²) in [6.07, 6.45) is -0.449. The molecule has 0 spiro atoms. The third kappa shape index (κ3) is 1.42. The first-order valence-electron chi connectivity index (χ1n) is 4.00. The molecule has 68 valence electrons. The Labute approximate surface area is 75.8 Å². The number of rotatable bonds is 1. The van der Waals surface area contributed by atoms with Crippen molar-refractivity contribution in [2.45, 2.75) is 6.10 Å². The zero-order valence-electron chi connectivity index (χ0n) is 6.99. The Morgan fingerprint density at radius 3 is 2.77 bits per heavy atom. The first-order valence-corrected chi connectivity index (χ1v) is 4.00. The fraction of sp³-hybridized carbons (Fsp3) is 0.222. The molecule has 1 heterocycles. The van der Waals surface area contributed by atoms with Crippen molar-refractivity contribution >= 4 is 5.84 Å². The zero-order valence-corrected chi connectivity index (χ0v) is 6.99. The lowest BCUT2D eigenvalue weighted by molar-refractivity contribution is 0.133. The Morgan fingerprint density at radius 2 is 2.08 bits per heavy atom. The average molecular weight is 178 g/mol. The van der Waals surface area contributed by atoms with Gasteiger partial charge in [-0.2, -0.15) is 0 Å². The summed E-state index contributed by atoms with van der Waals surface area (Å²) in [7, 11) is 0. The summed E-state index contributed by atoms with van der Waals surface area (Å²) in [5.41, 5.74) is 5.30. The third-order valence-corrected chi connectivity index (χ3v) is 1.86. The van der Waals surface area contributed by atoms with Gasteiger partial charge >= 0.3 is 0 Å². The summed E-state index contributed by atoms with van der Waals surface area (Å²) in [4.78, 5) is 0. The number of ether oxygens (including phenoxy) is 2. The lowest BCUT2D eigenvalue weighted by Gasteiger charge is -2.25. The van der Waals surface area contributed by atoms with E-state index in [1.807, 2.05) is 18.2 Å². The van der Waals surface area contributed by atoms with Crippen LogP contribution < -0.4 is 15.2 Å². The molecule has 0 saturated heterocycles. The van der Waals surface area contributed by atoms with Gasteiger partial charge in [0.05, 0.1) is 0 Å². The van der Waals surface area contributed by atoms with Crippen LogP contribution in [0.5, 0.6) is 11.5 Å². The van der Waals surface area contributed by atoms with Crippen molar-refractivity contribution in [3.63, 3.8) is 0 Å². The molecule has 1 aromatic carbocycles. The van der Waals surface area contributed by atoms with E-state index < -0.39 is 6.10 Å². The Bertz CT molecular complexity index is 338. The van der Waals surface area contributed by atoms with Crippen LogP contribution in [0.15, 0.2) is 24.3 Å². The molecule has 1 aromatic rings. The van der Waals surface area contributed by atoms with Gasteiger partial charge in [0.15, 0.2) is 17.6 Å².